The molecule has 2 fully saturated rings. The monoisotopic (exact) mass is 240 g/mol. The van der Waals surface area contributed by atoms with E-state index < -0.39 is 0 Å². The third-order valence-corrected chi connectivity index (χ3v) is 4.71. The van der Waals surface area contributed by atoms with Crippen molar-refractivity contribution in [1.82, 2.24) is 10.6 Å². The van der Waals surface area contributed by atoms with E-state index >= 15 is 0 Å². The molecule has 1 heterocycles. The predicted octanol–water partition coefficient (Wildman–Crippen LogP) is 0.917. The van der Waals surface area contributed by atoms with Gasteiger partial charge in [-0.05, 0) is 19.3 Å². The lowest BCUT2D eigenvalue weighted by molar-refractivity contribution is -0.147. The van der Waals surface area contributed by atoms with Crippen LogP contribution in [-0.2, 0) is 9.53 Å². The molecule has 4 nitrogen and oxygen atoms in total. The Morgan fingerprint density at radius 2 is 2.12 bits per heavy atom. The summed E-state index contributed by atoms with van der Waals surface area (Å²) in [5.41, 5.74) is -0.122. The lowest BCUT2D eigenvalue weighted by Crippen LogP contribution is -2.37. The Balaban J connectivity index is 1.95. The van der Waals surface area contributed by atoms with Gasteiger partial charge in [-0.1, -0.05) is 13.8 Å². The first kappa shape index (κ1) is 12.8. The van der Waals surface area contributed by atoms with Crippen LogP contribution in [0.5, 0.6) is 0 Å². The largest absolute Gasteiger partial charge is 0.469 e. The van der Waals surface area contributed by atoms with Crippen molar-refractivity contribution >= 4 is 5.97 Å². The number of piperidine rings is 1. The summed E-state index contributed by atoms with van der Waals surface area (Å²) in [5, 5.41) is 6.94. The summed E-state index contributed by atoms with van der Waals surface area (Å²) < 4.78 is 4.96. The summed E-state index contributed by atoms with van der Waals surface area (Å²) in [6.07, 6.45) is 3.27. The first-order valence-corrected chi connectivity index (χ1v) is 6.66. The third kappa shape index (κ3) is 1.87. The Morgan fingerprint density at radius 3 is 2.71 bits per heavy atom. The van der Waals surface area contributed by atoms with Crippen LogP contribution < -0.4 is 10.6 Å². The Bertz CT molecular complexity index is 304. The highest BCUT2D eigenvalue weighted by molar-refractivity contribution is 5.83. The standard InChI is InChI=1S/C13H24N2O2/c1-4-10(5-2)15-8-12-6-13(12,9-14-7-12)11(16)17-3/h10,14-15H,4-9H2,1-3H3. The van der Waals surface area contributed by atoms with Crippen molar-refractivity contribution in [2.45, 2.75) is 39.2 Å². The molecule has 0 spiro atoms. The van der Waals surface area contributed by atoms with E-state index in [0.717, 1.165) is 38.9 Å². The smallest absolute Gasteiger partial charge is 0.313 e. The van der Waals surface area contributed by atoms with Crippen LogP contribution >= 0.6 is 0 Å². The number of hydrogen-bond acceptors (Lipinski definition) is 4. The highest BCUT2D eigenvalue weighted by Gasteiger charge is 2.74. The number of hydrogen-bond donors (Lipinski definition) is 2. The van der Waals surface area contributed by atoms with E-state index in [2.05, 4.69) is 24.5 Å². The molecule has 2 atom stereocenters. The Morgan fingerprint density at radius 1 is 1.41 bits per heavy atom. The molecule has 0 amide bonds. The number of carbonyl (C=O) groups excluding carboxylic acids is 1. The van der Waals surface area contributed by atoms with Gasteiger partial charge in [0.25, 0.3) is 0 Å². The molecule has 0 radical (unpaired) electrons. The molecule has 0 aromatic carbocycles. The van der Waals surface area contributed by atoms with Crippen LogP contribution in [0.4, 0.5) is 0 Å². The second kappa shape index (κ2) is 4.58. The Labute approximate surface area is 103 Å². The van der Waals surface area contributed by atoms with Crippen LogP contribution in [-0.4, -0.2) is 38.8 Å². The molecule has 17 heavy (non-hydrogen) atoms. The molecular weight excluding hydrogens is 216 g/mol. The van der Waals surface area contributed by atoms with Crippen molar-refractivity contribution in [1.29, 1.82) is 0 Å². The van der Waals surface area contributed by atoms with E-state index in [1.807, 2.05) is 0 Å². The van der Waals surface area contributed by atoms with Gasteiger partial charge in [-0.15, -0.1) is 0 Å². The summed E-state index contributed by atoms with van der Waals surface area (Å²) in [4.78, 5) is 11.9. The summed E-state index contributed by atoms with van der Waals surface area (Å²) in [6.45, 7) is 7.05. The van der Waals surface area contributed by atoms with Crippen LogP contribution in [0.2, 0.25) is 0 Å². The van der Waals surface area contributed by atoms with Gasteiger partial charge in [0.05, 0.1) is 12.5 Å². The fraction of sp³-hybridized carbons (Fsp3) is 0.923. The fourth-order valence-corrected chi connectivity index (χ4v) is 3.30. The molecule has 1 saturated carbocycles. The highest BCUT2D eigenvalue weighted by Crippen LogP contribution is 2.66. The van der Waals surface area contributed by atoms with Gasteiger partial charge >= 0.3 is 5.97 Å². The van der Waals surface area contributed by atoms with Gasteiger partial charge < -0.3 is 15.4 Å². The summed E-state index contributed by atoms with van der Waals surface area (Å²) in [5.74, 6) is -0.0335. The number of nitrogens with one attached hydrogen (secondary N) is 2. The SMILES string of the molecule is CCC(CC)NCC12CNCC1(C(=O)OC)C2. The summed E-state index contributed by atoms with van der Waals surface area (Å²) in [7, 11) is 1.49. The van der Waals surface area contributed by atoms with Crippen LogP contribution in [0.15, 0.2) is 0 Å². The zero-order valence-electron chi connectivity index (χ0n) is 11.1. The van der Waals surface area contributed by atoms with Gasteiger partial charge in [-0.2, -0.15) is 0 Å². The number of ether oxygens (including phenoxy) is 1. The topological polar surface area (TPSA) is 50.4 Å². The number of methoxy groups -OCH3 is 1. The van der Waals surface area contributed by atoms with Crippen LogP contribution in [0.3, 0.4) is 0 Å². The lowest BCUT2D eigenvalue weighted by Gasteiger charge is -2.21. The zero-order valence-corrected chi connectivity index (χ0v) is 11.1. The molecule has 2 aliphatic rings. The number of rotatable bonds is 6. The Hall–Kier alpha value is -0.610. The van der Waals surface area contributed by atoms with Crippen molar-refractivity contribution in [3.63, 3.8) is 0 Å². The van der Waals surface area contributed by atoms with Crippen molar-refractivity contribution in [2.24, 2.45) is 10.8 Å². The maximum absolute atomic E-state index is 11.9. The second-order valence-electron chi connectivity index (χ2n) is 5.53. The van der Waals surface area contributed by atoms with Crippen LogP contribution in [0.25, 0.3) is 0 Å². The Kier molecular flexibility index (Phi) is 3.46. The quantitative estimate of drug-likeness (QED) is 0.678. The van der Waals surface area contributed by atoms with E-state index in [0.29, 0.717) is 6.04 Å². The number of carbonyl (C=O) groups is 1. The fourth-order valence-electron chi connectivity index (χ4n) is 3.30. The molecule has 1 aliphatic carbocycles. The average molecular weight is 240 g/mol. The molecule has 2 N–H and O–H groups in total. The minimum absolute atomic E-state index is 0.0335. The minimum atomic E-state index is -0.235. The minimum Gasteiger partial charge on any atom is -0.469 e. The molecule has 4 heteroatoms. The van der Waals surface area contributed by atoms with Crippen molar-refractivity contribution in [3.8, 4) is 0 Å². The average Bonchev–Trinajstić information content (AvgIpc) is 2.87. The van der Waals surface area contributed by atoms with Gasteiger partial charge in [0.1, 0.15) is 0 Å². The lowest BCUT2D eigenvalue weighted by atomic mass is 9.95. The number of fused-ring (bicyclic) bond motifs is 1. The van der Waals surface area contributed by atoms with E-state index in [1.54, 1.807) is 0 Å². The predicted molar refractivity (Wildman–Crippen MR) is 66.7 cm³/mol. The van der Waals surface area contributed by atoms with Gasteiger partial charge in [-0.3, -0.25) is 4.79 Å². The molecule has 0 aromatic rings. The summed E-state index contributed by atoms with van der Waals surface area (Å²) >= 11 is 0. The van der Waals surface area contributed by atoms with Gasteiger partial charge in [0.2, 0.25) is 0 Å². The van der Waals surface area contributed by atoms with E-state index in [4.69, 9.17) is 4.74 Å². The zero-order chi connectivity index (χ0) is 12.5. The molecule has 1 aliphatic heterocycles. The van der Waals surface area contributed by atoms with Gasteiger partial charge in [-0.25, -0.2) is 0 Å². The van der Waals surface area contributed by atoms with E-state index in [1.165, 1.54) is 7.11 Å². The maximum atomic E-state index is 11.9. The van der Waals surface area contributed by atoms with E-state index in [9.17, 15) is 4.79 Å². The van der Waals surface area contributed by atoms with Crippen molar-refractivity contribution in [2.75, 3.05) is 26.7 Å². The third-order valence-electron chi connectivity index (χ3n) is 4.71. The van der Waals surface area contributed by atoms with Gasteiger partial charge in [0, 0.05) is 31.1 Å². The van der Waals surface area contributed by atoms with Crippen molar-refractivity contribution in [3.05, 3.63) is 0 Å². The van der Waals surface area contributed by atoms with Crippen LogP contribution in [0, 0.1) is 10.8 Å². The van der Waals surface area contributed by atoms with E-state index in [-0.39, 0.29) is 16.8 Å². The number of esters is 1. The van der Waals surface area contributed by atoms with Crippen LogP contribution in [0.1, 0.15) is 33.1 Å². The van der Waals surface area contributed by atoms with Gasteiger partial charge in [0.15, 0.2) is 0 Å². The highest BCUT2D eigenvalue weighted by atomic mass is 16.5. The molecule has 0 bridgehead atoms. The first-order chi connectivity index (χ1) is 8.14. The summed E-state index contributed by atoms with van der Waals surface area (Å²) in [6, 6.07) is 0.570. The second-order valence-corrected chi connectivity index (χ2v) is 5.53. The molecule has 1 saturated heterocycles. The molecule has 0 aromatic heterocycles. The molecule has 2 unspecified atom stereocenters. The normalized spacial score (nSPS) is 34.8. The molecule has 2 rings (SSSR count). The molecular formula is C13H24N2O2. The van der Waals surface area contributed by atoms with Crippen molar-refractivity contribution < 1.29 is 9.53 Å². The maximum Gasteiger partial charge on any atom is 0.313 e. The molecule has 98 valence electrons. The first-order valence-electron chi connectivity index (χ1n) is 6.66.